The summed E-state index contributed by atoms with van der Waals surface area (Å²) in [5, 5.41) is 14.5. The van der Waals surface area contributed by atoms with E-state index in [1.165, 1.54) is 12.1 Å². The minimum Gasteiger partial charge on any atom is -0.507 e. The first-order valence-electron chi connectivity index (χ1n) is 16.6. The Morgan fingerprint density at radius 2 is 1.33 bits per heavy atom. The fourth-order valence-electron chi connectivity index (χ4n) is 6.20. The third-order valence-corrected chi connectivity index (χ3v) is 10.1. The molecule has 1 heterocycles. The molecule has 0 amide bonds. The third-order valence-electron chi connectivity index (χ3n) is 9.04. The van der Waals surface area contributed by atoms with Crippen molar-refractivity contribution in [1.82, 2.24) is 4.98 Å². The van der Waals surface area contributed by atoms with Gasteiger partial charge in [0.15, 0.2) is 0 Å². The fraction of sp³-hybridized carbons (Fsp3) is 0.182. The molecule has 6 aromatic carbocycles. The van der Waals surface area contributed by atoms with Crippen molar-refractivity contribution in [1.29, 1.82) is 0 Å². The first-order chi connectivity index (χ1) is 23.3. The maximum Gasteiger partial charge on any atom is 0.128 e. The second-order valence-corrected chi connectivity index (χ2v) is 15.7. The Morgan fingerprint density at radius 3 is 2.04 bits per heavy atom. The first kappa shape index (κ1) is 32.4. The number of para-hydroxylation sites is 2. The van der Waals surface area contributed by atoms with Crippen LogP contribution in [-0.2, 0) is 10.8 Å². The van der Waals surface area contributed by atoms with E-state index in [2.05, 4.69) is 108 Å². The number of benzene rings is 6. The van der Waals surface area contributed by atoms with Gasteiger partial charge >= 0.3 is 0 Å². The summed E-state index contributed by atoms with van der Waals surface area (Å²) in [6, 6.07) is 38.0. The van der Waals surface area contributed by atoms with Gasteiger partial charge in [-0.1, -0.05) is 108 Å². The Bertz CT molecular complexity index is 2370. The summed E-state index contributed by atoms with van der Waals surface area (Å²) in [7, 11) is 0. The maximum atomic E-state index is 13.5. The van der Waals surface area contributed by atoms with Crippen LogP contribution in [0.5, 0.6) is 5.75 Å². The number of aromatic hydroxyl groups is 1. The van der Waals surface area contributed by atoms with E-state index in [0.717, 1.165) is 70.6 Å². The van der Waals surface area contributed by atoms with Gasteiger partial charge in [-0.2, -0.15) is 0 Å². The highest BCUT2D eigenvalue weighted by Crippen LogP contribution is 2.41. The highest BCUT2D eigenvalue weighted by molar-refractivity contribution is 7.21. The summed E-state index contributed by atoms with van der Waals surface area (Å²) in [6.07, 6.45) is 1.79. The molecule has 0 saturated heterocycles. The monoisotopic (exact) mass is 662 g/mol. The molecular formula is C44H39FN2OS. The predicted octanol–water partition coefficient (Wildman–Crippen LogP) is 12.6. The van der Waals surface area contributed by atoms with E-state index in [4.69, 9.17) is 9.98 Å². The SMILES string of the molecule is CC(C)(C)c1cc(C=Nc2ccccc2-c2nc3c(-c4ccc5cc(-c6ccc(F)cc6)ccc5c4)cccc3s2)c(O)c(C(C)(C)C)c1. The number of hydrogen-bond donors (Lipinski definition) is 1. The van der Waals surface area contributed by atoms with Crippen molar-refractivity contribution >= 4 is 44.2 Å². The van der Waals surface area contributed by atoms with E-state index >= 15 is 0 Å². The van der Waals surface area contributed by atoms with E-state index < -0.39 is 0 Å². The standard InChI is InChI=1S/C44H39FN2OS/c1-43(2,3)33-24-32(41(48)37(25-33)44(4,5)6)26-46-38-12-8-7-10-36(38)42-47-40-35(11-9-13-39(40)49-42)31-17-16-29-22-28(14-15-30(29)23-31)27-18-20-34(45)21-19-27/h7-26,48H,1-6H3. The van der Waals surface area contributed by atoms with Crippen LogP contribution >= 0.6 is 11.3 Å². The van der Waals surface area contributed by atoms with Gasteiger partial charge in [-0.3, -0.25) is 4.99 Å². The zero-order valence-corrected chi connectivity index (χ0v) is 29.5. The molecule has 5 heteroatoms. The Morgan fingerprint density at radius 1 is 0.673 bits per heavy atom. The van der Waals surface area contributed by atoms with Crippen molar-refractivity contribution in [2.24, 2.45) is 4.99 Å². The van der Waals surface area contributed by atoms with Crippen molar-refractivity contribution < 1.29 is 9.50 Å². The summed E-state index contributed by atoms with van der Waals surface area (Å²) in [5.74, 6) is 0.0371. The lowest BCUT2D eigenvalue weighted by molar-refractivity contribution is 0.444. The topological polar surface area (TPSA) is 45.5 Å². The number of fused-ring (bicyclic) bond motifs is 2. The van der Waals surface area contributed by atoms with Crippen molar-refractivity contribution in [3.05, 3.63) is 138 Å². The van der Waals surface area contributed by atoms with Crippen molar-refractivity contribution in [2.45, 2.75) is 52.4 Å². The normalized spacial score (nSPS) is 12.4. The number of thiazole rings is 1. The molecule has 0 atom stereocenters. The Balaban J connectivity index is 1.25. The highest BCUT2D eigenvalue weighted by Gasteiger charge is 2.24. The van der Waals surface area contributed by atoms with Crippen LogP contribution in [0.3, 0.4) is 0 Å². The second-order valence-electron chi connectivity index (χ2n) is 14.7. The van der Waals surface area contributed by atoms with Gasteiger partial charge in [0.05, 0.1) is 15.9 Å². The van der Waals surface area contributed by atoms with E-state index in [0.29, 0.717) is 5.56 Å². The molecule has 0 radical (unpaired) electrons. The zero-order chi connectivity index (χ0) is 34.5. The molecule has 0 fully saturated rings. The van der Waals surface area contributed by atoms with Crippen LogP contribution in [0.15, 0.2) is 120 Å². The summed E-state index contributed by atoms with van der Waals surface area (Å²) >= 11 is 1.65. The molecule has 1 N–H and O–H groups in total. The van der Waals surface area contributed by atoms with Gasteiger partial charge in [0.2, 0.25) is 0 Å². The van der Waals surface area contributed by atoms with Crippen LogP contribution in [0.1, 0.15) is 58.2 Å². The molecule has 1 aromatic heterocycles. The molecule has 7 rings (SSSR count). The summed E-state index contributed by atoms with van der Waals surface area (Å²) < 4.78 is 14.6. The van der Waals surface area contributed by atoms with Crippen LogP contribution in [0.4, 0.5) is 10.1 Å². The molecule has 3 nitrogen and oxygen atoms in total. The molecule has 0 spiro atoms. The van der Waals surface area contributed by atoms with E-state index in [-0.39, 0.29) is 22.4 Å². The molecule has 0 saturated carbocycles. The van der Waals surface area contributed by atoms with Gasteiger partial charge in [-0.25, -0.2) is 9.37 Å². The zero-order valence-electron chi connectivity index (χ0n) is 28.7. The lowest BCUT2D eigenvalue weighted by Gasteiger charge is -2.27. The van der Waals surface area contributed by atoms with Crippen LogP contribution in [-0.4, -0.2) is 16.3 Å². The number of aliphatic imine (C=N–C) groups is 1. The van der Waals surface area contributed by atoms with E-state index in [1.54, 1.807) is 17.6 Å². The van der Waals surface area contributed by atoms with Gasteiger partial charge in [0.1, 0.15) is 16.6 Å². The number of hydrogen-bond acceptors (Lipinski definition) is 4. The average Bonchev–Trinajstić information content (AvgIpc) is 3.51. The third kappa shape index (κ3) is 6.51. The van der Waals surface area contributed by atoms with Gasteiger partial charge < -0.3 is 5.11 Å². The number of aromatic nitrogens is 1. The van der Waals surface area contributed by atoms with Gasteiger partial charge in [0, 0.05) is 28.5 Å². The van der Waals surface area contributed by atoms with Crippen LogP contribution in [0.2, 0.25) is 0 Å². The smallest absolute Gasteiger partial charge is 0.128 e. The number of rotatable bonds is 5. The van der Waals surface area contributed by atoms with Crippen LogP contribution in [0, 0.1) is 5.82 Å². The largest absolute Gasteiger partial charge is 0.507 e. The maximum absolute atomic E-state index is 13.5. The van der Waals surface area contributed by atoms with Gasteiger partial charge in [0.25, 0.3) is 0 Å². The minimum atomic E-state index is -0.235. The lowest BCUT2D eigenvalue weighted by atomic mass is 9.79. The Kier molecular flexibility index (Phi) is 8.20. The van der Waals surface area contributed by atoms with Crippen LogP contribution < -0.4 is 0 Å². The van der Waals surface area contributed by atoms with Crippen molar-refractivity contribution in [3.63, 3.8) is 0 Å². The second kappa shape index (κ2) is 12.4. The average molecular weight is 663 g/mol. The van der Waals surface area contributed by atoms with E-state index in [1.807, 2.05) is 36.4 Å². The number of phenolic OH excluding ortho intramolecular Hbond substituents is 1. The summed E-state index contributed by atoms with van der Waals surface area (Å²) in [4.78, 5) is 10.1. The summed E-state index contributed by atoms with van der Waals surface area (Å²) in [5.41, 5.74) is 9.39. The number of halogens is 1. The molecule has 0 aliphatic rings. The minimum absolute atomic E-state index is 0.0785. The molecule has 0 aliphatic heterocycles. The molecule has 0 bridgehead atoms. The predicted molar refractivity (Wildman–Crippen MR) is 206 cm³/mol. The molecule has 7 aromatic rings. The number of phenols is 1. The Labute approximate surface area is 291 Å². The highest BCUT2D eigenvalue weighted by atomic mass is 32.1. The summed E-state index contributed by atoms with van der Waals surface area (Å²) in [6.45, 7) is 12.9. The molecule has 244 valence electrons. The fourth-order valence-corrected chi connectivity index (χ4v) is 7.22. The number of nitrogens with zero attached hydrogens (tertiary/aromatic N) is 2. The molecule has 49 heavy (non-hydrogen) atoms. The van der Waals surface area contributed by atoms with E-state index in [9.17, 15) is 9.50 Å². The molecule has 0 unspecified atom stereocenters. The van der Waals surface area contributed by atoms with Gasteiger partial charge in [-0.15, -0.1) is 11.3 Å². The molecule has 0 aliphatic carbocycles. The van der Waals surface area contributed by atoms with Crippen LogP contribution in [0.25, 0.3) is 53.8 Å². The molecular weight excluding hydrogens is 624 g/mol. The van der Waals surface area contributed by atoms with Crippen molar-refractivity contribution in [2.75, 3.05) is 0 Å². The lowest BCUT2D eigenvalue weighted by Crippen LogP contribution is -2.17. The quantitative estimate of drug-likeness (QED) is 0.186. The first-order valence-corrected chi connectivity index (χ1v) is 17.4. The van der Waals surface area contributed by atoms with Gasteiger partial charge in [-0.05, 0) is 92.4 Å². The van der Waals surface area contributed by atoms with Crippen molar-refractivity contribution in [3.8, 4) is 38.6 Å². The Hall–Kier alpha value is -5.13.